The minimum atomic E-state index is -0.938. The molecule has 2 amide bonds. The number of hydrogen-bond acceptors (Lipinski definition) is 2. The van der Waals surface area contributed by atoms with Crippen molar-refractivity contribution in [3.63, 3.8) is 0 Å². The van der Waals surface area contributed by atoms with Gasteiger partial charge < -0.3 is 15.3 Å². The predicted octanol–water partition coefficient (Wildman–Crippen LogP) is 2.46. The molecule has 0 spiro atoms. The van der Waals surface area contributed by atoms with Crippen molar-refractivity contribution in [2.24, 2.45) is 11.8 Å². The Balaban J connectivity index is 1.97. The average molecular weight is 282 g/mol. The third-order valence-electron chi connectivity index (χ3n) is 4.56. The SMILES string of the molecule is CC(C)C[C@H](NC(=O)N1CCCC2CCCC21)C(=O)O. The zero-order valence-electron chi connectivity index (χ0n) is 12.5. The molecule has 2 fully saturated rings. The molecule has 1 heterocycles. The molecule has 5 heteroatoms. The Morgan fingerprint density at radius 1 is 1.25 bits per heavy atom. The maximum atomic E-state index is 12.4. The van der Waals surface area contributed by atoms with E-state index in [0.29, 0.717) is 18.4 Å². The van der Waals surface area contributed by atoms with Crippen LogP contribution in [0.15, 0.2) is 0 Å². The lowest BCUT2D eigenvalue weighted by Crippen LogP contribution is -2.54. The first-order chi connectivity index (χ1) is 9.49. The number of likely N-dealkylation sites (tertiary alicyclic amines) is 1. The second-order valence-electron chi connectivity index (χ2n) is 6.56. The summed E-state index contributed by atoms with van der Waals surface area (Å²) >= 11 is 0. The molecule has 5 nitrogen and oxygen atoms in total. The van der Waals surface area contributed by atoms with Crippen molar-refractivity contribution >= 4 is 12.0 Å². The summed E-state index contributed by atoms with van der Waals surface area (Å²) in [7, 11) is 0. The summed E-state index contributed by atoms with van der Waals surface area (Å²) < 4.78 is 0. The smallest absolute Gasteiger partial charge is 0.326 e. The molecule has 1 saturated heterocycles. The van der Waals surface area contributed by atoms with E-state index in [0.717, 1.165) is 19.4 Å². The number of rotatable bonds is 4. The van der Waals surface area contributed by atoms with Gasteiger partial charge >= 0.3 is 12.0 Å². The fourth-order valence-electron chi connectivity index (χ4n) is 3.63. The van der Waals surface area contributed by atoms with Crippen molar-refractivity contribution in [3.05, 3.63) is 0 Å². The van der Waals surface area contributed by atoms with Gasteiger partial charge in [0.25, 0.3) is 0 Å². The van der Waals surface area contributed by atoms with Crippen LogP contribution in [0.3, 0.4) is 0 Å². The zero-order valence-corrected chi connectivity index (χ0v) is 12.5. The summed E-state index contributed by atoms with van der Waals surface area (Å²) in [6.07, 6.45) is 6.19. The summed E-state index contributed by atoms with van der Waals surface area (Å²) in [6, 6.07) is -0.629. The molecule has 0 bridgehead atoms. The van der Waals surface area contributed by atoms with Crippen molar-refractivity contribution in [2.45, 2.75) is 64.5 Å². The Labute approximate surface area is 120 Å². The number of carboxylic acid groups (broad SMARTS) is 1. The Morgan fingerprint density at radius 2 is 1.95 bits per heavy atom. The lowest BCUT2D eigenvalue weighted by molar-refractivity contribution is -0.139. The summed E-state index contributed by atoms with van der Waals surface area (Å²) in [4.78, 5) is 25.5. The van der Waals surface area contributed by atoms with Gasteiger partial charge in [0.1, 0.15) is 6.04 Å². The highest BCUT2D eigenvalue weighted by Crippen LogP contribution is 2.36. The summed E-state index contributed by atoms with van der Waals surface area (Å²) in [5, 5.41) is 11.9. The standard InChI is InChI=1S/C15H26N2O3/c1-10(2)9-12(14(18)19)16-15(20)17-8-4-6-11-5-3-7-13(11)17/h10-13H,3-9H2,1-2H3,(H,16,20)(H,18,19)/t11?,12-,13?/m0/s1. The van der Waals surface area contributed by atoms with Gasteiger partial charge in [-0.25, -0.2) is 9.59 Å². The Kier molecular flexibility index (Phi) is 4.89. The highest BCUT2D eigenvalue weighted by Gasteiger charge is 2.38. The fourth-order valence-corrected chi connectivity index (χ4v) is 3.63. The van der Waals surface area contributed by atoms with Crippen LogP contribution in [0.5, 0.6) is 0 Å². The highest BCUT2D eigenvalue weighted by molar-refractivity contribution is 5.82. The van der Waals surface area contributed by atoms with Crippen LogP contribution in [0.25, 0.3) is 0 Å². The number of urea groups is 1. The molecular formula is C15H26N2O3. The molecule has 2 rings (SSSR count). The van der Waals surface area contributed by atoms with E-state index in [9.17, 15) is 14.7 Å². The van der Waals surface area contributed by atoms with E-state index in [-0.39, 0.29) is 11.9 Å². The van der Waals surface area contributed by atoms with E-state index in [4.69, 9.17) is 0 Å². The third-order valence-corrected chi connectivity index (χ3v) is 4.56. The van der Waals surface area contributed by atoms with Gasteiger partial charge in [0, 0.05) is 12.6 Å². The van der Waals surface area contributed by atoms with Gasteiger partial charge in [-0.15, -0.1) is 0 Å². The van der Waals surface area contributed by atoms with Crippen molar-refractivity contribution in [1.82, 2.24) is 10.2 Å². The normalized spacial score (nSPS) is 27.2. The minimum absolute atomic E-state index is 0.186. The first-order valence-electron chi connectivity index (χ1n) is 7.79. The van der Waals surface area contributed by atoms with Crippen molar-refractivity contribution < 1.29 is 14.7 Å². The van der Waals surface area contributed by atoms with E-state index in [1.807, 2.05) is 18.7 Å². The van der Waals surface area contributed by atoms with E-state index in [1.54, 1.807) is 0 Å². The van der Waals surface area contributed by atoms with Crippen LogP contribution in [0, 0.1) is 11.8 Å². The maximum Gasteiger partial charge on any atom is 0.326 e. The van der Waals surface area contributed by atoms with Crippen LogP contribution in [0.4, 0.5) is 4.79 Å². The molecule has 2 unspecified atom stereocenters. The number of piperidine rings is 1. The Morgan fingerprint density at radius 3 is 2.60 bits per heavy atom. The number of nitrogens with one attached hydrogen (secondary N) is 1. The molecule has 2 aliphatic rings. The average Bonchev–Trinajstić information content (AvgIpc) is 2.84. The van der Waals surface area contributed by atoms with Crippen LogP contribution < -0.4 is 5.32 Å². The van der Waals surface area contributed by atoms with Gasteiger partial charge in [-0.1, -0.05) is 20.3 Å². The molecule has 1 saturated carbocycles. The number of fused-ring (bicyclic) bond motifs is 1. The van der Waals surface area contributed by atoms with Gasteiger partial charge in [0.2, 0.25) is 0 Å². The summed E-state index contributed by atoms with van der Waals surface area (Å²) in [5.41, 5.74) is 0. The number of amides is 2. The quantitative estimate of drug-likeness (QED) is 0.832. The third kappa shape index (κ3) is 3.44. The summed E-state index contributed by atoms with van der Waals surface area (Å²) in [5.74, 6) is -0.0631. The molecule has 0 aromatic rings. The first-order valence-corrected chi connectivity index (χ1v) is 7.79. The first kappa shape index (κ1) is 15.1. The van der Waals surface area contributed by atoms with Crippen molar-refractivity contribution in [1.29, 1.82) is 0 Å². The van der Waals surface area contributed by atoms with Crippen molar-refractivity contribution in [3.8, 4) is 0 Å². The Bertz CT molecular complexity index is 370. The lowest BCUT2D eigenvalue weighted by Gasteiger charge is -2.38. The molecule has 114 valence electrons. The maximum absolute atomic E-state index is 12.4. The molecule has 3 atom stereocenters. The molecule has 0 radical (unpaired) electrons. The van der Waals surface area contributed by atoms with Crippen LogP contribution in [0.1, 0.15) is 52.4 Å². The van der Waals surface area contributed by atoms with E-state index < -0.39 is 12.0 Å². The molecule has 1 aliphatic heterocycles. The van der Waals surface area contributed by atoms with E-state index >= 15 is 0 Å². The number of nitrogens with zero attached hydrogens (tertiary/aromatic N) is 1. The number of hydrogen-bond donors (Lipinski definition) is 2. The van der Waals surface area contributed by atoms with E-state index in [1.165, 1.54) is 19.3 Å². The minimum Gasteiger partial charge on any atom is -0.480 e. The second kappa shape index (κ2) is 6.46. The number of aliphatic carboxylic acids is 1. The molecule has 0 aromatic carbocycles. The van der Waals surface area contributed by atoms with Gasteiger partial charge in [-0.2, -0.15) is 0 Å². The van der Waals surface area contributed by atoms with Crippen LogP contribution in [-0.2, 0) is 4.79 Å². The Hall–Kier alpha value is -1.26. The largest absolute Gasteiger partial charge is 0.480 e. The summed E-state index contributed by atoms with van der Waals surface area (Å²) in [6.45, 7) is 4.70. The monoisotopic (exact) mass is 282 g/mol. The van der Waals surface area contributed by atoms with Crippen LogP contribution in [-0.4, -0.2) is 40.6 Å². The zero-order chi connectivity index (χ0) is 14.7. The second-order valence-corrected chi connectivity index (χ2v) is 6.56. The van der Waals surface area contributed by atoms with Gasteiger partial charge in [-0.3, -0.25) is 0 Å². The molecule has 1 aliphatic carbocycles. The fraction of sp³-hybridized carbons (Fsp3) is 0.867. The predicted molar refractivity (Wildman–Crippen MR) is 76.5 cm³/mol. The highest BCUT2D eigenvalue weighted by atomic mass is 16.4. The van der Waals surface area contributed by atoms with Gasteiger partial charge in [0.15, 0.2) is 0 Å². The number of carbonyl (C=O) groups is 2. The lowest BCUT2D eigenvalue weighted by atomic mass is 9.92. The van der Waals surface area contributed by atoms with Crippen LogP contribution in [0.2, 0.25) is 0 Å². The molecule has 0 aromatic heterocycles. The number of carbonyl (C=O) groups excluding carboxylic acids is 1. The topological polar surface area (TPSA) is 69.6 Å². The molecular weight excluding hydrogens is 256 g/mol. The molecule has 20 heavy (non-hydrogen) atoms. The van der Waals surface area contributed by atoms with Gasteiger partial charge in [-0.05, 0) is 43.9 Å². The van der Waals surface area contributed by atoms with Gasteiger partial charge in [0.05, 0.1) is 0 Å². The number of carboxylic acids is 1. The van der Waals surface area contributed by atoms with Crippen molar-refractivity contribution in [2.75, 3.05) is 6.54 Å². The van der Waals surface area contributed by atoms with Crippen LogP contribution >= 0.6 is 0 Å². The van der Waals surface area contributed by atoms with E-state index in [2.05, 4.69) is 5.32 Å². The molecule has 2 N–H and O–H groups in total.